The molecule has 1 aromatic carbocycles. The van der Waals surface area contributed by atoms with Crippen molar-refractivity contribution in [2.24, 2.45) is 0 Å². The number of rotatable bonds is 2. The summed E-state index contributed by atoms with van der Waals surface area (Å²) in [7, 11) is 0. The number of fused-ring (bicyclic) bond motifs is 1. The molecule has 1 aliphatic rings. The molecule has 2 N–H and O–H groups in total. The van der Waals surface area contributed by atoms with Crippen LogP contribution in [0.2, 0.25) is 0 Å². The molecule has 1 aliphatic heterocycles. The first-order chi connectivity index (χ1) is 9.72. The minimum Gasteiger partial charge on any atom is -0.323 e. The molecule has 0 bridgehead atoms. The Bertz CT molecular complexity index is 627. The van der Waals surface area contributed by atoms with Crippen LogP contribution in [-0.4, -0.2) is 16.9 Å². The lowest BCUT2D eigenvalue weighted by molar-refractivity contribution is -0.118. The van der Waals surface area contributed by atoms with Crippen LogP contribution in [-0.2, 0) is 17.8 Å². The molecule has 1 aromatic heterocycles. The average Bonchev–Trinajstić information content (AvgIpc) is 2.49. The van der Waals surface area contributed by atoms with Crippen LogP contribution in [0.4, 0.5) is 10.1 Å². The lowest BCUT2D eigenvalue weighted by atomic mass is 9.95. The molecule has 4 nitrogen and oxygen atoms in total. The van der Waals surface area contributed by atoms with E-state index in [9.17, 15) is 9.18 Å². The molecule has 1 atom stereocenters. The lowest BCUT2D eigenvalue weighted by Gasteiger charge is -2.25. The Morgan fingerprint density at radius 3 is 2.80 bits per heavy atom. The van der Waals surface area contributed by atoms with E-state index < -0.39 is 5.95 Å². The van der Waals surface area contributed by atoms with E-state index in [-0.39, 0.29) is 11.9 Å². The van der Waals surface area contributed by atoms with Gasteiger partial charge in [-0.2, -0.15) is 4.39 Å². The van der Waals surface area contributed by atoms with Gasteiger partial charge in [0.25, 0.3) is 0 Å². The number of hydrogen-bond acceptors (Lipinski definition) is 3. The number of benzene rings is 1. The number of carbonyl (C=O) groups is 1. The van der Waals surface area contributed by atoms with Crippen molar-refractivity contribution < 1.29 is 9.18 Å². The van der Waals surface area contributed by atoms with E-state index in [2.05, 4.69) is 21.7 Å². The van der Waals surface area contributed by atoms with E-state index in [0.717, 1.165) is 0 Å². The second-order valence-corrected chi connectivity index (χ2v) is 4.77. The van der Waals surface area contributed by atoms with Gasteiger partial charge in [-0.3, -0.25) is 4.79 Å². The highest BCUT2D eigenvalue weighted by molar-refractivity contribution is 5.95. The first-order valence-corrected chi connectivity index (χ1v) is 6.45. The van der Waals surface area contributed by atoms with E-state index in [1.165, 1.54) is 29.5 Å². The summed E-state index contributed by atoms with van der Waals surface area (Å²) in [6.07, 6.45) is 1.96. The van der Waals surface area contributed by atoms with Crippen LogP contribution in [0, 0.1) is 5.95 Å². The van der Waals surface area contributed by atoms with E-state index in [0.29, 0.717) is 18.7 Å². The zero-order chi connectivity index (χ0) is 13.9. The van der Waals surface area contributed by atoms with E-state index in [4.69, 9.17) is 0 Å². The summed E-state index contributed by atoms with van der Waals surface area (Å²) in [6.45, 7) is 0.677. The van der Waals surface area contributed by atoms with Gasteiger partial charge in [-0.15, -0.1) is 0 Å². The van der Waals surface area contributed by atoms with Crippen molar-refractivity contribution in [3.8, 4) is 0 Å². The Labute approximate surface area is 116 Å². The summed E-state index contributed by atoms with van der Waals surface area (Å²) in [5.41, 5.74) is 2.90. The molecule has 3 rings (SSSR count). The number of nitrogens with zero attached hydrogens (tertiary/aromatic N) is 1. The highest BCUT2D eigenvalue weighted by Gasteiger charge is 2.23. The van der Waals surface area contributed by atoms with Gasteiger partial charge in [0.2, 0.25) is 11.9 Å². The fraction of sp³-hybridized carbons (Fsp3) is 0.200. The zero-order valence-electron chi connectivity index (χ0n) is 10.8. The lowest BCUT2D eigenvalue weighted by Crippen LogP contribution is -2.44. The van der Waals surface area contributed by atoms with Gasteiger partial charge in [0.15, 0.2) is 0 Å². The van der Waals surface area contributed by atoms with Crippen molar-refractivity contribution in [3.05, 3.63) is 59.7 Å². The fourth-order valence-electron chi connectivity index (χ4n) is 2.32. The summed E-state index contributed by atoms with van der Waals surface area (Å²) >= 11 is 0. The Morgan fingerprint density at radius 2 is 2.05 bits per heavy atom. The van der Waals surface area contributed by atoms with Crippen molar-refractivity contribution in [2.75, 3.05) is 5.32 Å². The summed E-state index contributed by atoms with van der Waals surface area (Å²) < 4.78 is 12.7. The Hall–Kier alpha value is -2.27. The monoisotopic (exact) mass is 271 g/mol. The zero-order valence-corrected chi connectivity index (χ0v) is 10.8. The number of amides is 1. The number of hydrogen-bond donors (Lipinski definition) is 2. The molecule has 1 amide bonds. The van der Waals surface area contributed by atoms with Gasteiger partial charge in [-0.05, 0) is 29.7 Å². The Morgan fingerprint density at radius 1 is 1.25 bits per heavy atom. The molecular formula is C15H14FN3O. The van der Waals surface area contributed by atoms with Crippen LogP contribution in [0.1, 0.15) is 11.1 Å². The highest BCUT2D eigenvalue weighted by atomic mass is 19.1. The summed E-state index contributed by atoms with van der Waals surface area (Å²) in [5.74, 6) is -0.694. The molecule has 2 aromatic rings. The Balaban J connectivity index is 1.68. The third kappa shape index (κ3) is 2.67. The van der Waals surface area contributed by atoms with Crippen molar-refractivity contribution in [2.45, 2.75) is 19.0 Å². The summed E-state index contributed by atoms with van der Waals surface area (Å²) in [6, 6.07) is 10.5. The van der Waals surface area contributed by atoms with Crippen molar-refractivity contribution in [1.82, 2.24) is 10.3 Å². The van der Waals surface area contributed by atoms with E-state index in [1.807, 2.05) is 18.2 Å². The molecule has 0 aliphatic carbocycles. The molecular weight excluding hydrogens is 257 g/mol. The molecule has 0 saturated heterocycles. The number of aromatic nitrogens is 1. The van der Waals surface area contributed by atoms with E-state index >= 15 is 0 Å². The molecule has 5 heteroatoms. The van der Waals surface area contributed by atoms with Gasteiger partial charge in [0.05, 0.1) is 17.9 Å². The number of carbonyl (C=O) groups excluding carboxylic acids is 1. The largest absolute Gasteiger partial charge is 0.323 e. The first-order valence-electron chi connectivity index (χ1n) is 6.45. The average molecular weight is 271 g/mol. The molecule has 0 saturated carbocycles. The first kappa shape index (κ1) is 12.7. The third-order valence-electron chi connectivity index (χ3n) is 3.39. The van der Waals surface area contributed by atoms with Crippen molar-refractivity contribution in [1.29, 1.82) is 0 Å². The maximum Gasteiger partial charge on any atom is 0.241 e. The van der Waals surface area contributed by atoms with Crippen molar-refractivity contribution in [3.63, 3.8) is 0 Å². The van der Waals surface area contributed by atoms with Crippen molar-refractivity contribution >= 4 is 11.6 Å². The summed E-state index contributed by atoms with van der Waals surface area (Å²) in [5, 5.41) is 5.94. The molecule has 0 radical (unpaired) electrons. The van der Waals surface area contributed by atoms with Crippen LogP contribution < -0.4 is 10.6 Å². The minimum absolute atomic E-state index is 0.132. The molecule has 0 fully saturated rings. The number of nitrogens with one attached hydrogen (secondary N) is 2. The molecule has 1 unspecified atom stereocenters. The Kier molecular flexibility index (Phi) is 3.43. The SMILES string of the molecule is O=C(Nc1ccc(F)nc1)C1Cc2ccccc2CN1. The smallest absolute Gasteiger partial charge is 0.241 e. The van der Waals surface area contributed by atoms with Crippen LogP contribution in [0.15, 0.2) is 42.6 Å². The molecule has 102 valence electrons. The molecule has 0 spiro atoms. The second-order valence-electron chi connectivity index (χ2n) is 4.77. The quantitative estimate of drug-likeness (QED) is 0.820. The number of pyridine rings is 1. The number of halogens is 1. The fourth-order valence-corrected chi connectivity index (χ4v) is 2.32. The topological polar surface area (TPSA) is 54.0 Å². The van der Waals surface area contributed by atoms with Gasteiger partial charge in [-0.25, -0.2) is 4.98 Å². The second kappa shape index (κ2) is 5.38. The maximum atomic E-state index is 12.7. The van der Waals surface area contributed by atoms with Gasteiger partial charge in [0.1, 0.15) is 0 Å². The van der Waals surface area contributed by atoms with Crippen LogP contribution in [0.5, 0.6) is 0 Å². The van der Waals surface area contributed by atoms with Crippen LogP contribution in [0.3, 0.4) is 0 Å². The minimum atomic E-state index is -0.562. The molecule has 2 heterocycles. The third-order valence-corrected chi connectivity index (χ3v) is 3.39. The van der Waals surface area contributed by atoms with Gasteiger partial charge in [0, 0.05) is 6.54 Å². The standard InChI is InChI=1S/C15H14FN3O/c16-14-6-5-12(9-18-14)19-15(20)13-7-10-3-1-2-4-11(10)8-17-13/h1-6,9,13,17H,7-8H2,(H,19,20). The maximum absolute atomic E-state index is 12.7. The highest BCUT2D eigenvalue weighted by Crippen LogP contribution is 2.17. The summed E-state index contributed by atoms with van der Waals surface area (Å²) in [4.78, 5) is 15.7. The van der Waals surface area contributed by atoms with E-state index in [1.54, 1.807) is 0 Å². The van der Waals surface area contributed by atoms with Gasteiger partial charge < -0.3 is 10.6 Å². The molecule has 20 heavy (non-hydrogen) atoms. The predicted molar refractivity (Wildman–Crippen MR) is 73.6 cm³/mol. The number of anilines is 1. The van der Waals surface area contributed by atoms with Crippen LogP contribution >= 0.6 is 0 Å². The van der Waals surface area contributed by atoms with Gasteiger partial charge >= 0.3 is 0 Å². The van der Waals surface area contributed by atoms with Gasteiger partial charge in [-0.1, -0.05) is 24.3 Å². The normalized spacial score (nSPS) is 17.4. The van der Waals surface area contributed by atoms with Crippen LogP contribution in [0.25, 0.3) is 0 Å². The predicted octanol–water partition coefficient (Wildman–Crippen LogP) is 1.87.